The van der Waals surface area contributed by atoms with Gasteiger partial charge in [0.1, 0.15) is 11.3 Å². The van der Waals surface area contributed by atoms with Crippen LogP contribution in [0.15, 0.2) is 28.7 Å². The number of fused-ring (bicyclic) bond motifs is 1. The van der Waals surface area contributed by atoms with E-state index in [0.29, 0.717) is 6.54 Å². The number of nitrogens with two attached hydrogens (primary N) is 1. The Morgan fingerprint density at radius 1 is 1.05 bits per heavy atom. The lowest BCUT2D eigenvalue weighted by atomic mass is 10.1. The van der Waals surface area contributed by atoms with E-state index in [1.165, 1.54) is 44.2 Å². The van der Waals surface area contributed by atoms with E-state index >= 15 is 0 Å². The van der Waals surface area contributed by atoms with Crippen LogP contribution >= 0.6 is 0 Å². The van der Waals surface area contributed by atoms with Crippen molar-refractivity contribution >= 4 is 11.0 Å². The summed E-state index contributed by atoms with van der Waals surface area (Å²) < 4.78 is 5.93. The summed E-state index contributed by atoms with van der Waals surface area (Å²) in [6.07, 6.45) is 5.38. The molecule has 1 aliphatic rings. The minimum absolute atomic E-state index is 0.586. The third-order valence-corrected chi connectivity index (χ3v) is 3.95. The van der Waals surface area contributed by atoms with E-state index in [2.05, 4.69) is 17.0 Å². The minimum atomic E-state index is 0.586. The van der Waals surface area contributed by atoms with E-state index in [-0.39, 0.29) is 0 Å². The summed E-state index contributed by atoms with van der Waals surface area (Å²) >= 11 is 0. The van der Waals surface area contributed by atoms with Crippen molar-refractivity contribution in [2.45, 2.75) is 38.8 Å². The Labute approximate surface area is 114 Å². The Morgan fingerprint density at radius 3 is 2.58 bits per heavy atom. The van der Waals surface area contributed by atoms with E-state index in [4.69, 9.17) is 10.2 Å². The van der Waals surface area contributed by atoms with Gasteiger partial charge in [-0.2, -0.15) is 0 Å². The monoisotopic (exact) mass is 258 g/mol. The Hall–Kier alpha value is -1.32. The lowest BCUT2D eigenvalue weighted by Crippen LogP contribution is -2.23. The predicted molar refractivity (Wildman–Crippen MR) is 77.9 cm³/mol. The van der Waals surface area contributed by atoms with Gasteiger partial charge >= 0.3 is 0 Å². The van der Waals surface area contributed by atoms with E-state index in [9.17, 15) is 0 Å². The Morgan fingerprint density at radius 2 is 1.84 bits per heavy atom. The first-order chi connectivity index (χ1) is 9.35. The minimum Gasteiger partial charge on any atom is -0.460 e. The molecule has 2 N–H and O–H groups in total. The van der Waals surface area contributed by atoms with Crippen LogP contribution < -0.4 is 5.73 Å². The molecule has 1 aliphatic heterocycles. The highest BCUT2D eigenvalue weighted by Gasteiger charge is 2.12. The number of hydrogen-bond donors (Lipinski definition) is 1. The van der Waals surface area contributed by atoms with Gasteiger partial charge in [0.2, 0.25) is 0 Å². The van der Waals surface area contributed by atoms with Gasteiger partial charge in [-0.3, -0.25) is 4.90 Å². The van der Waals surface area contributed by atoms with Gasteiger partial charge in [-0.15, -0.1) is 0 Å². The average Bonchev–Trinajstić information content (AvgIpc) is 2.64. The van der Waals surface area contributed by atoms with Gasteiger partial charge in [-0.05, 0) is 49.7 Å². The molecule has 0 aliphatic carbocycles. The second-order valence-corrected chi connectivity index (χ2v) is 5.48. The molecule has 0 spiro atoms. The molecule has 1 saturated heterocycles. The van der Waals surface area contributed by atoms with Crippen LogP contribution in [0.2, 0.25) is 0 Å². The first kappa shape index (κ1) is 12.7. The topological polar surface area (TPSA) is 42.4 Å². The van der Waals surface area contributed by atoms with Crippen molar-refractivity contribution in [1.29, 1.82) is 0 Å². The quantitative estimate of drug-likeness (QED) is 0.918. The van der Waals surface area contributed by atoms with E-state index in [1.807, 2.05) is 12.1 Å². The van der Waals surface area contributed by atoms with Gasteiger partial charge in [-0.25, -0.2) is 0 Å². The molecule has 0 saturated carbocycles. The molecule has 102 valence electrons. The molecule has 0 atom stereocenters. The van der Waals surface area contributed by atoms with Crippen molar-refractivity contribution in [1.82, 2.24) is 4.90 Å². The molecular weight excluding hydrogens is 236 g/mol. The van der Waals surface area contributed by atoms with E-state index < -0.39 is 0 Å². The molecule has 0 unspecified atom stereocenters. The zero-order valence-electron chi connectivity index (χ0n) is 11.4. The van der Waals surface area contributed by atoms with Gasteiger partial charge in [0, 0.05) is 11.9 Å². The molecule has 0 amide bonds. The SMILES string of the molecule is NCc1ccc2oc(CN3CCCCCC3)cc2c1. The fourth-order valence-corrected chi connectivity index (χ4v) is 2.87. The molecule has 1 aromatic heterocycles. The van der Waals surface area contributed by atoms with Crippen molar-refractivity contribution < 1.29 is 4.42 Å². The van der Waals surface area contributed by atoms with Crippen LogP contribution in [0.5, 0.6) is 0 Å². The number of likely N-dealkylation sites (tertiary alicyclic amines) is 1. The van der Waals surface area contributed by atoms with Gasteiger partial charge in [0.05, 0.1) is 6.54 Å². The van der Waals surface area contributed by atoms with Crippen LogP contribution in [0.3, 0.4) is 0 Å². The summed E-state index contributed by atoms with van der Waals surface area (Å²) in [5.41, 5.74) is 7.81. The maximum atomic E-state index is 5.93. The molecular formula is C16H22N2O. The van der Waals surface area contributed by atoms with Crippen LogP contribution in [0.1, 0.15) is 37.0 Å². The smallest absolute Gasteiger partial charge is 0.134 e. The molecule has 1 fully saturated rings. The van der Waals surface area contributed by atoms with E-state index in [1.54, 1.807) is 0 Å². The zero-order chi connectivity index (χ0) is 13.1. The second kappa shape index (κ2) is 5.76. The van der Waals surface area contributed by atoms with Crippen molar-refractivity contribution in [3.63, 3.8) is 0 Å². The maximum Gasteiger partial charge on any atom is 0.134 e. The fourth-order valence-electron chi connectivity index (χ4n) is 2.87. The van der Waals surface area contributed by atoms with Crippen molar-refractivity contribution in [3.8, 4) is 0 Å². The van der Waals surface area contributed by atoms with Gasteiger partial charge in [0.15, 0.2) is 0 Å². The summed E-state index contributed by atoms with van der Waals surface area (Å²) in [4.78, 5) is 2.51. The van der Waals surface area contributed by atoms with Gasteiger partial charge < -0.3 is 10.2 Å². The van der Waals surface area contributed by atoms with Crippen LogP contribution in [0.25, 0.3) is 11.0 Å². The molecule has 0 bridgehead atoms. The largest absolute Gasteiger partial charge is 0.460 e. The number of hydrogen-bond acceptors (Lipinski definition) is 3. The molecule has 2 heterocycles. The van der Waals surface area contributed by atoms with Crippen LogP contribution in [-0.4, -0.2) is 18.0 Å². The number of benzene rings is 1. The standard InChI is InChI=1S/C16H22N2O/c17-11-13-5-6-16-14(9-13)10-15(19-16)12-18-7-3-1-2-4-8-18/h5-6,9-10H,1-4,7-8,11-12,17H2. The summed E-state index contributed by atoms with van der Waals surface area (Å²) in [5.74, 6) is 1.08. The molecule has 1 aromatic carbocycles. The van der Waals surface area contributed by atoms with Gasteiger partial charge in [-0.1, -0.05) is 18.9 Å². The highest BCUT2D eigenvalue weighted by Crippen LogP contribution is 2.22. The van der Waals surface area contributed by atoms with Crippen LogP contribution in [0, 0.1) is 0 Å². The Bertz CT molecular complexity index is 539. The van der Waals surface area contributed by atoms with Crippen molar-refractivity contribution in [2.24, 2.45) is 5.73 Å². The summed E-state index contributed by atoms with van der Waals surface area (Å²) in [7, 11) is 0. The third-order valence-electron chi connectivity index (χ3n) is 3.95. The third kappa shape index (κ3) is 2.99. The molecule has 2 aromatic rings. The first-order valence-electron chi connectivity index (χ1n) is 7.29. The highest BCUT2D eigenvalue weighted by molar-refractivity contribution is 5.78. The summed E-state index contributed by atoms with van der Waals surface area (Å²) in [5, 5.41) is 1.17. The number of rotatable bonds is 3. The van der Waals surface area contributed by atoms with Crippen LogP contribution in [0.4, 0.5) is 0 Å². The Kier molecular flexibility index (Phi) is 3.85. The maximum absolute atomic E-state index is 5.93. The lowest BCUT2D eigenvalue weighted by molar-refractivity contribution is 0.256. The Balaban J connectivity index is 1.76. The van der Waals surface area contributed by atoms with E-state index in [0.717, 1.165) is 23.5 Å². The number of nitrogens with zero attached hydrogens (tertiary/aromatic N) is 1. The summed E-state index contributed by atoms with van der Waals surface area (Å²) in [6.45, 7) is 3.92. The lowest BCUT2D eigenvalue weighted by Gasteiger charge is -2.17. The fraction of sp³-hybridized carbons (Fsp3) is 0.500. The molecule has 0 radical (unpaired) electrons. The molecule has 3 heteroatoms. The summed E-state index contributed by atoms with van der Waals surface area (Å²) in [6, 6.07) is 8.37. The zero-order valence-corrected chi connectivity index (χ0v) is 11.4. The molecule has 3 nitrogen and oxygen atoms in total. The van der Waals surface area contributed by atoms with Gasteiger partial charge in [0.25, 0.3) is 0 Å². The first-order valence-corrected chi connectivity index (χ1v) is 7.29. The normalized spacial score (nSPS) is 17.7. The molecule has 19 heavy (non-hydrogen) atoms. The molecule has 3 rings (SSSR count). The van der Waals surface area contributed by atoms with Crippen LogP contribution in [-0.2, 0) is 13.1 Å². The second-order valence-electron chi connectivity index (χ2n) is 5.48. The number of furan rings is 1. The predicted octanol–water partition coefficient (Wildman–Crippen LogP) is 3.27. The van der Waals surface area contributed by atoms with Crippen molar-refractivity contribution in [3.05, 3.63) is 35.6 Å². The van der Waals surface area contributed by atoms with Crippen molar-refractivity contribution in [2.75, 3.05) is 13.1 Å². The highest BCUT2D eigenvalue weighted by atomic mass is 16.3. The average molecular weight is 258 g/mol.